The Bertz CT molecular complexity index is 395. The van der Waals surface area contributed by atoms with E-state index in [0.717, 1.165) is 36.2 Å². The van der Waals surface area contributed by atoms with Gasteiger partial charge in [-0.2, -0.15) is 0 Å². The highest BCUT2D eigenvalue weighted by Gasteiger charge is 2.19. The van der Waals surface area contributed by atoms with Gasteiger partial charge in [-0.3, -0.25) is 4.90 Å². The van der Waals surface area contributed by atoms with Gasteiger partial charge in [0.25, 0.3) is 0 Å². The summed E-state index contributed by atoms with van der Waals surface area (Å²) in [6, 6.07) is 5.55. The molecule has 1 aromatic carbocycles. The molecule has 2 nitrogen and oxygen atoms in total. The molecule has 0 radical (unpaired) electrons. The van der Waals surface area contributed by atoms with Gasteiger partial charge in [-0.05, 0) is 24.1 Å². The molecule has 1 aliphatic rings. The van der Waals surface area contributed by atoms with E-state index in [2.05, 4.69) is 33.1 Å². The van der Waals surface area contributed by atoms with Gasteiger partial charge in [-0.15, -0.1) is 0 Å². The smallest absolute Gasteiger partial charge is 0.124 e. The molecule has 1 atom stereocenters. The quantitative estimate of drug-likeness (QED) is 0.918. The summed E-state index contributed by atoms with van der Waals surface area (Å²) < 4.78 is 13.9. The zero-order valence-corrected chi connectivity index (χ0v) is 12.3. The van der Waals surface area contributed by atoms with E-state index < -0.39 is 0 Å². The molecule has 0 spiro atoms. The number of piperazine rings is 1. The molecule has 1 heterocycles. The molecule has 2 rings (SSSR count). The molecule has 18 heavy (non-hydrogen) atoms. The van der Waals surface area contributed by atoms with Crippen LogP contribution in [0.25, 0.3) is 0 Å². The zero-order valence-electron chi connectivity index (χ0n) is 10.8. The Hall–Kier alpha value is -0.450. The summed E-state index contributed by atoms with van der Waals surface area (Å²) in [6.07, 6.45) is 2.44. The van der Waals surface area contributed by atoms with E-state index in [4.69, 9.17) is 0 Å². The second-order valence-electron chi connectivity index (χ2n) is 4.91. The van der Waals surface area contributed by atoms with Gasteiger partial charge in [0.1, 0.15) is 5.82 Å². The Kier molecular flexibility index (Phi) is 5.15. The second kappa shape index (κ2) is 6.64. The fourth-order valence-corrected chi connectivity index (χ4v) is 2.95. The van der Waals surface area contributed by atoms with Crippen LogP contribution in [0.4, 0.5) is 4.39 Å². The van der Waals surface area contributed by atoms with Gasteiger partial charge >= 0.3 is 0 Å². The molecule has 1 fully saturated rings. The topological polar surface area (TPSA) is 15.3 Å². The number of hydrogen-bond acceptors (Lipinski definition) is 2. The van der Waals surface area contributed by atoms with Crippen LogP contribution in [-0.2, 0) is 6.54 Å². The van der Waals surface area contributed by atoms with Crippen molar-refractivity contribution in [3.8, 4) is 0 Å². The van der Waals surface area contributed by atoms with E-state index in [-0.39, 0.29) is 5.82 Å². The van der Waals surface area contributed by atoms with Gasteiger partial charge in [0, 0.05) is 36.7 Å². The molecule has 100 valence electrons. The Balaban J connectivity index is 1.96. The van der Waals surface area contributed by atoms with Crippen molar-refractivity contribution in [2.75, 3.05) is 19.6 Å². The van der Waals surface area contributed by atoms with Crippen molar-refractivity contribution in [3.05, 3.63) is 34.1 Å². The van der Waals surface area contributed by atoms with Crippen LogP contribution < -0.4 is 5.32 Å². The lowest BCUT2D eigenvalue weighted by atomic mass is 10.1. The van der Waals surface area contributed by atoms with Crippen LogP contribution in [0, 0.1) is 5.82 Å². The lowest BCUT2D eigenvalue weighted by molar-refractivity contribution is 0.186. The lowest BCUT2D eigenvalue weighted by Crippen LogP contribution is -2.50. The van der Waals surface area contributed by atoms with Crippen molar-refractivity contribution in [3.63, 3.8) is 0 Å². The first kappa shape index (κ1) is 14.0. The normalized spacial score (nSPS) is 21.2. The van der Waals surface area contributed by atoms with Crippen molar-refractivity contribution in [1.82, 2.24) is 10.2 Å². The minimum Gasteiger partial charge on any atom is -0.311 e. The largest absolute Gasteiger partial charge is 0.311 e. The number of halogens is 2. The third-order valence-corrected chi connectivity index (χ3v) is 4.12. The molecule has 1 aromatic rings. The lowest BCUT2D eigenvalue weighted by Gasteiger charge is -2.33. The first-order chi connectivity index (χ1) is 8.69. The van der Waals surface area contributed by atoms with Gasteiger partial charge in [0.05, 0.1) is 0 Å². The standard InChI is InChI=1S/C14H20BrFN2/c1-2-3-13-10-18(7-6-17-13)9-11-4-5-12(16)8-14(11)15/h4-5,8,13,17H,2-3,6-7,9-10H2,1H3. The van der Waals surface area contributed by atoms with Crippen molar-refractivity contribution in [2.24, 2.45) is 0 Å². The molecular formula is C14H20BrFN2. The van der Waals surface area contributed by atoms with Gasteiger partial charge in [0.2, 0.25) is 0 Å². The third kappa shape index (κ3) is 3.77. The maximum Gasteiger partial charge on any atom is 0.124 e. The Morgan fingerprint density at radius 3 is 3.06 bits per heavy atom. The summed E-state index contributed by atoms with van der Waals surface area (Å²) in [5.74, 6) is -0.185. The summed E-state index contributed by atoms with van der Waals surface area (Å²) in [5, 5.41) is 3.55. The van der Waals surface area contributed by atoms with E-state index in [1.165, 1.54) is 18.9 Å². The first-order valence-corrected chi connectivity index (χ1v) is 7.38. The average Bonchev–Trinajstić information content (AvgIpc) is 2.34. The molecule has 1 unspecified atom stereocenters. The van der Waals surface area contributed by atoms with Crippen LogP contribution in [0.15, 0.2) is 22.7 Å². The van der Waals surface area contributed by atoms with Gasteiger partial charge in [-0.25, -0.2) is 4.39 Å². The summed E-state index contributed by atoms with van der Waals surface area (Å²) in [7, 11) is 0. The predicted octanol–water partition coefficient (Wildman–Crippen LogP) is 3.16. The van der Waals surface area contributed by atoms with Crippen LogP contribution >= 0.6 is 15.9 Å². The zero-order chi connectivity index (χ0) is 13.0. The highest BCUT2D eigenvalue weighted by atomic mass is 79.9. The van der Waals surface area contributed by atoms with Crippen molar-refractivity contribution in [2.45, 2.75) is 32.4 Å². The molecule has 1 saturated heterocycles. The van der Waals surface area contributed by atoms with E-state index in [1.54, 1.807) is 6.07 Å². The first-order valence-electron chi connectivity index (χ1n) is 6.58. The minimum atomic E-state index is -0.185. The molecule has 4 heteroatoms. The molecule has 1 N–H and O–H groups in total. The van der Waals surface area contributed by atoms with E-state index >= 15 is 0 Å². The molecular weight excluding hydrogens is 295 g/mol. The average molecular weight is 315 g/mol. The number of nitrogens with zero attached hydrogens (tertiary/aromatic N) is 1. The van der Waals surface area contributed by atoms with Gasteiger partial charge in [-0.1, -0.05) is 35.3 Å². The van der Waals surface area contributed by atoms with Crippen molar-refractivity contribution >= 4 is 15.9 Å². The second-order valence-corrected chi connectivity index (χ2v) is 5.76. The molecule has 0 bridgehead atoms. The fraction of sp³-hybridized carbons (Fsp3) is 0.571. The molecule has 1 aliphatic heterocycles. The Morgan fingerprint density at radius 1 is 1.50 bits per heavy atom. The van der Waals surface area contributed by atoms with E-state index in [0.29, 0.717) is 6.04 Å². The Morgan fingerprint density at radius 2 is 2.33 bits per heavy atom. The molecule has 0 amide bonds. The van der Waals surface area contributed by atoms with Crippen LogP contribution in [0.1, 0.15) is 25.3 Å². The SMILES string of the molecule is CCCC1CN(Cc2ccc(F)cc2Br)CCN1. The highest BCUT2D eigenvalue weighted by Crippen LogP contribution is 2.20. The highest BCUT2D eigenvalue weighted by molar-refractivity contribution is 9.10. The van der Waals surface area contributed by atoms with Crippen LogP contribution in [-0.4, -0.2) is 30.6 Å². The fourth-order valence-electron chi connectivity index (χ4n) is 2.47. The molecule has 0 aromatic heterocycles. The molecule has 0 saturated carbocycles. The van der Waals surface area contributed by atoms with Gasteiger partial charge in [0.15, 0.2) is 0 Å². The summed E-state index contributed by atoms with van der Waals surface area (Å²) >= 11 is 3.44. The maximum absolute atomic E-state index is 13.0. The van der Waals surface area contributed by atoms with Gasteiger partial charge < -0.3 is 5.32 Å². The number of rotatable bonds is 4. The minimum absolute atomic E-state index is 0.185. The third-order valence-electron chi connectivity index (χ3n) is 3.39. The number of nitrogens with one attached hydrogen (secondary N) is 1. The van der Waals surface area contributed by atoms with E-state index in [9.17, 15) is 4.39 Å². The maximum atomic E-state index is 13.0. The van der Waals surface area contributed by atoms with E-state index in [1.807, 2.05) is 6.07 Å². The molecule has 0 aliphatic carbocycles. The van der Waals surface area contributed by atoms with Crippen LogP contribution in [0.3, 0.4) is 0 Å². The number of hydrogen-bond donors (Lipinski definition) is 1. The van der Waals surface area contributed by atoms with Crippen LogP contribution in [0.2, 0.25) is 0 Å². The summed E-state index contributed by atoms with van der Waals surface area (Å²) in [6.45, 7) is 6.30. The summed E-state index contributed by atoms with van der Waals surface area (Å²) in [4.78, 5) is 2.44. The van der Waals surface area contributed by atoms with Crippen molar-refractivity contribution in [1.29, 1.82) is 0 Å². The monoisotopic (exact) mass is 314 g/mol. The van der Waals surface area contributed by atoms with Crippen molar-refractivity contribution < 1.29 is 4.39 Å². The number of benzene rings is 1. The summed E-state index contributed by atoms with van der Waals surface area (Å²) in [5.41, 5.74) is 1.16. The van der Waals surface area contributed by atoms with Crippen LogP contribution in [0.5, 0.6) is 0 Å². The Labute approximate surface area is 117 Å². The predicted molar refractivity (Wildman–Crippen MR) is 76.1 cm³/mol.